The summed E-state index contributed by atoms with van der Waals surface area (Å²) in [5, 5.41) is 3.10. The zero-order valence-electron chi connectivity index (χ0n) is 16.5. The molecule has 0 bridgehead atoms. The number of carbonyl (C=O) groups excluding carboxylic acids is 1. The van der Waals surface area contributed by atoms with Crippen molar-refractivity contribution >= 4 is 5.91 Å². The fourth-order valence-electron chi connectivity index (χ4n) is 3.58. The second-order valence-electron chi connectivity index (χ2n) is 7.51. The normalized spacial score (nSPS) is 16.9. The predicted molar refractivity (Wildman–Crippen MR) is 106 cm³/mol. The van der Waals surface area contributed by atoms with Gasteiger partial charge in [0.15, 0.2) is 0 Å². The summed E-state index contributed by atoms with van der Waals surface area (Å²) >= 11 is 0. The molecule has 1 aliphatic heterocycles. The molecular weight excluding hydrogens is 340 g/mol. The van der Waals surface area contributed by atoms with Crippen molar-refractivity contribution < 1.29 is 13.9 Å². The van der Waals surface area contributed by atoms with Crippen LogP contribution in [0.3, 0.4) is 0 Å². The lowest BCUT2D eigenvalue weighted by Crippen LogP contribution is -2.42. The van der Waals surface area contributed by atoms with Crippen LogP contribution in [-0.2, 0) is 11.2 Å². The summed E-state index contributed by atoms with van der Waals surface area (Å²) in [5.74, 6) is 3.44. The smallest absolute Gasteiger partial charge is 0.224 e. The molecule has 1 N–H and O–H groups in total. The van der Waals surface area contributed by atoms with E-state index in [0.717, 1.165) is 41.8 Å². The van der Waals surface area contributed by atoms with Crippen molar-refractivity contribution in [2.45, 2.75) is 39.2 Å². The van der Waals surface area contributed by atoms with E-state index in [4.69, 9.17) is 9.15 Å². The van der Waals surface area contributed by atoms with Crippen LogP contribution < -0.4 is 10.1 Å². The number of rotatable bonds is 7. The van der Waals surface area contributed by atoms with E-state index in [1.54, 1.807) is 7.11 Å². The summed E-state index contributed by atoms with van der Waals surface area (Å²) in [5.41, 5.74) is 0.977. The van der Waals surface area contributed by atoms with Crippen LogP contribution >= 0.6 is 0 Å². The molecule has 0 saturated carbocycles. The van der Waals surface area contributed by atoms with Crippen molar-refractivity contribution in [3.8, 4) is 5.75 Å². The minimum Gasteiger partial charge on any atom is -0.497 e. The van der Waals surface area contributed by atoms with Gasteiger partial charge in [0.25, 0.3) is 0 Å². The fraction of sp³-hybridized carbons (Fsp3) is 0.500. The summed E-state index contributed by atoms with van der Waals surface area (Å²) < 4.78 is 11.1. The van der Waals surface area contributed by atoms with Crippen molar-refractivity contribution in [2.75, 3.05) is 26.7 Å². The third kappa shape index (κ3) is 5.36. The highest BCUT2D eigenvalue weighted by atomic mass is 16.5. The van der Waals surface area contributed by atoms with Crippen LogP contribution in [0.4, 0.5) is 0 Å². The van der Waals surface area contributed by atoms with Crippen LogP contribution in [0, 0.1) is 12.8 Å². The van der Waals surface area contributed by atoms with Gasteiger partial charge in [-0.3, -0.25) is 9.69 Å². The molecule has 27 heavy (non-hydrogen) atoms. The number of benzene rings is 1. The van der Waals surface area contributed by atoms with Gasteiger partial charge in [-0.2, -0.15) is 0 Å². The first-order valence-electron chi connectivity index (χ1n) is 9.75. The second kappa shape index (κ2) is 9.09. The summed E-state index contributed by atoms with van der Waals surface area (Å²) in [6.45, 7) is 6.91. The van der Waals surface area contributed by atoms with Gasteiger partial charge in [-0.15, -0.1) is 0 Å². The molecular formula is C22H30N2O3. The zero-order chi connectivity index (χ0) is 19.2. The van der Waals surface area contributed by atoms with Crippen LogP contribution in [0.1, 0.15) is 42.9 Å². The molecule has 0 aliphatic carbocycles. The topological polar surface area (TPSA) is 54.7 Å². The highest BCUT2D eigenvalue weighted by Crippen LogP contribution is 2.27. The van der Waals surface area contributed by atoms with Crippen LogP contribution in [0.5, 0.6) is 5.75 Å². The van der Waals surface area contributed by atoms with Gasteiger partial charge >= 0.3 is 0 Å². The Hall–Kier alpha value is -2.27. The third-order valence-electron chi connectivity index (χ3n) is 5.36. The predicted octanol–water partition coefficient (Wildman–Crippen LogP) is 3.73. The number of aryl methyl sites for hydroxylation is 1. The second-order valence-corrected chi connectivity index (χ2v) is 7.51. The summed E-state index contributed by atoms with van der Waals surface area (Å²) in [4.78, 5) is 14.9. The maximum absolute atomic E-state index is 12.5. The van der Waals surface area contributed by atoms with Crippen LogP contribution in [0.25, 0.3) is 0 Å². The Morgan fingerprint density at radius 1 is 1.22 bits per heavy atom. The monoisotopic (exact) mass is 370 g/mol. The van der Waals surface area contributed by atoms with Crippen molar-refractivity contribution in [1.29, 1.82) is 0 Å². The molecule has 146 valence electrons. The number of likely N-dealkylation sites (tertiary alicyclic amines) is 1. The largest absolute Gasteiger partial charge is 0.497 e. The number of nitrogens with one attached hydrogen (secondary N) is 1. The Morgan fingerprint density at radius 3 is 2.52 bits per heavy atom. The molecule has 2 aromatic rings. The number of nitrogens with zero attached hydrogens (tertiary/aromatic N) is 1. The number of hydrogen-bond donors (Lipinski definition) is 1. The molecule has 5 nitrogen and oxygen atoms in total. The van der Waals surface area contributed by atoms with E-state index < -0.39 is 0 Å². The van der Waals surface area contributed by atoms with Gasteiger partial charge in [-0.25, -0.2) is 0 Å². The molecule has 1 aliphatic rings. The molecule has 0 unspecified atom stereocenters. The number of ether oxygens (including phenoxy) is 1. The fourth-order valence-corrected chi connectivity index (χ4v) is 3.58. The molecule has 0 spiro atoms. The molecule has 5 heteroatoms. The minimum absolute atomic E-state index is 0.0267. The zero-order valence-corrected chi connectivity index (χ0v) is 16.5. The highest BCUT2D eigenvalue weighted by Gasteiger charge is 2.27. The maximum Gasteiger partial charge on any atom is 0.224 e. The van der Waals surface area contributed by atoms with Gasteiger partial charge in [-0.1, -0.05) is 19.1 Å². The Balaban J connectivity index is 1.60. The summed E-state index contributed by atoms with van der Waals surface area (Å²) in [6.07, 6.45) is 2.75. The van der Waals surface area contributed by atoms with Gasteiger partial charge in [0.05, 0.1) is 19.6 Å². The number of methoxy groups -OCH3 is 1. The van der Waals surface area contributed by atoms with E-state index in [9.17, 15) is 4.79 Å². The first-order chi connectivity index (χ1) is 13.0. The summed E-state index contributed by atoms with van der Waals surface area (Å²) in [7, 11) is 1.64. The molecule has 1 saturated heterocycles. The van der Waals surface area contributed by atoms with Gasteiger partial charge < -0.3 is 14.5 Å². The number of hydrogen-bond acceptors (Lipinski definition) is 4. The van der Waals surface area contributed by atoms with Crippen LogP contribution in [-0.4, -0.2) is 37.6 Å². The van der Waals surface area contributed by atoms with E-state index in [0.29, 0.717) is 13.0 Å². The molecule has 1 aromatic heterocycles. The van der Waals surface area contributed by atoms with E-state index in [1.807, 2.05) is 43.3 Å². The van der Waals surface area contributed by atoms with Crippen molar-refractivity contribution in [1.82, 2.24) is 10.2 Å². The Labute approximate surface area is 161 Å². The lowest BCUT2D eigenvalue weighted by Gasteiger charge is -2.35. The molecule has 3 rings (SSSR count). The van der Waals surface area contributed by atoms with Crippen molar-refractivity contribution in [2.24, 2.45) is 5.92 Å². The summed E-state index contributed by atoms with van der Waals surface area (Å²) in [6, 6.07) is 11.7. The van der Waals surface area contributed by atoms with E-state index >= 15 is 0 Å². The van der Waals surface area contributed by atoms with E-state index in [2.05, 4.69) is 17.1 Å². The lowest BCUT2D eigenvalue weighted by atomic mass is 9.97. The Morgan fingerprint density at radius 2 is 1.93 bits per heavy atom. The first-order valence-corrected chi connectivity index (χ1v) is 9.75. The first kappa shape index (κ1) is 19.5. The average Bonchev–Trinajstić information content (AvgIpc) is 3.10. The number of amides is 1. The average molecular weight is 370 g/mol. The number of carbonyl (C=O) groups is 1. The van der Waals surface area contributed by atoms with E-state index in [-0.39, 0.29) is 11.9 Å². The SMILES string of the molecule is COc1ccc(CC(=O)NC[C@@H](c2ccc(C)o2)N2CCC(C)CC2)cc1. The molecule has 1 fully saturated rings. The highest BCUT2D eigenvalue weighted by molar-refractivity contribution is 5.78. The van der Waals surface area contributed by atoms with E-state index in [1.165, 1.54) is 12.8 Å². The van der Waals surface area contributed by atoms with Crippen LogP contribution in [0.2, 0.25) is 0 Å². The molecule has 2 heterocycles. The minimum atomic E-state index is 0.0267. The maximum atomic E-state index is 12.5. The van der Waals surface area contributed by atoms with Crippen LogP contribution in [0.15, 0.2) is 40.8 Å². The quantitative estimate of drug-likeness (QED) is 0.807. The Kier molecular flexibility index (Phi) is 6.56. The van der Waals surface area contributed by atoms with Crippen molar-refractivity contribution in [3.63, 3.8) is 0 Å². The van der Waals surface area contributed by atoms with Gasteiger partial charge in [-0.05, 0) is 68.6 Å². The van der Waals surface area contributed by atoms with Gasteiger partial charge in [0.2, 0.25) is 5.91 Å². The standard InChI is InChI=1S/C22H30N2O3/c1-16-10-12-24(13-11-16)20(21-9-4-17(2)27-21)15-23-22(25)14-18-5-7-19(26-3)8-6-18/h4-9,16,20H,10-15H2,1-3H3,(H,23,25)/t20-/m0/s1. The molecule has 1 amide bonds. The Bertz CT molecular complexity index is 730. The number of piperidine rings is 1. The number of furan rings is 1. The lowest BCUT2D eigenvalue weighted by molar-refractivity contribution is -0.120. The molecule has 0 radical (unpaired) electrons. The van der Waals surface area contributed by atoms with Crippen molar-refractivity contribution in [3.05, 3.63) is 53.5 Å². The molecule has 1 aromatic carbocycles. The van der Waals surface area contributed by atoms with Gasteiger partial charge in [0.1, 0.15) is 17.3 Å². The molecule has 1 atom stereocenters. The van der Waals surface area contributed by atoms with Gasteiger partial charge in [0, 0.05) is 6.54 Å². The third-order valence-corrected chi connectivity index (χ3v) is 5.36.